The molecule has 0 bridgehead atoms. The molecule has 0 aliphatic carbocycles. The first-order valence-corrected chi connectivity index (χ1v) is 8.33. The lowest BCUT2D eigenvalue weighted by atomic mass is 10.2. The molecule has 0 aliphatic rings. The largest absolute Gasteiger partial charge is 0.489 e. The van der Waals surface area contributed by atoms with Crippen molar-refractivity contribution in [3.63, 3.8) is 0 Å². The number of thiazole rings is 1. The molecule has 0 amide bonds. The Hall–Kier alpha value is -2.65. The maximum absolute atomic E-state index is 5.88. The van der Waals surface area contributed by atoms with Gasteiger partial charge in [-0.05, 0) is 17.7 Å². The summed E-state index contributed by atoms with van der Waals surface area (Å²) < 4.78 is 7.06. The Bertz CT molecular complexity index is 916. The minimum absolute atomic E-state index is 0.571. The van der Waals surface area contributed by atoms with E-state index in [0.29, 0.717) is 6.61 Å². The highest BCUT2D eigenvalue weighted by molar-refractivity contribution is 7.21. The molecule has 4 aromatic rings. The first-order chi connectivity index (χ1) is 11.4. The summed E-state index contributed by atoms with van der Waals surface area (Å²) in [6.45, 7) is 0.571. The third-order valence-corrected chi connectivity index (χ3v) is 4.71. The first-order valence-electron chi connectivity index (χ1n) is 7.51. The maximum Gasteiger partial charge on any atom is 0.124 e. The van der Waals surface area contributed by atoms with Crippen LogP contribution in [0.5, 0.6) is 5.75 Å². The van der Waals surface area contributed by atoms with Gasteiger partial charge in [-0.15, -0.1) is 11.3 Å². The monoisotopic (exact) mass is 317 g/mol. The predicted octanol–water partition coefficient (Wildman–Crippen LogP) is 5.54. The molecule has 0 spiro atoms. The van der Waals surface area contributed by atoms with Gasteiger partial charge in [0, 0.05) is 11.6 Å². The second-order valence-electron chi connectivity index (χ2n) is 5.29. The zero-order valence-corrected chi connectivity index (χ0v) is 13.3. The van der Waals surface area contributed by atoms with E-state index in [1.807, 2.05) is 48.5 Å². The summed E-state index contributed by atoms with van der Waals surface area (Å²) in [4.78, 5) is 4.74. The molecule has 1 aromatic heterocycles. The van der Waals surface area contributed by atoms with Gasteiger partial charge in [-0.3, -0.25) is 0 Å². The van der Waals surface area contributed by atoms with Crippen LogP contribution in [-0.2, 0) is 6.61 Å². The van der Waals surface area contributed by atoms with Crippen molar-refractivity contribution in [2.45, 2.75) is 6.61 Å². The zero-order chi connectivity index (χ0) is 15.5. The quantitative estimate of drug-likeness (QED) is 0.493. The van der Waals surface area contributed by atoms with Gasteiger partial charge in [0.05, 0.1) is 10.2 Å². The van der Waals surface area contributed by atoms with Crippen molar-refractivity contribution in [3.8, 4) is 16.3 Å². The normalized spacial score (nSPS) is 10.8. The SMILES string of the molecule is c1ccc(COc2ccc3sc(-c4ccccc4)nc3c2)cc1. The minimum atomic E-state index is 0.571. The number of ether oxygens (including phenoxy) is 1. The van der Waals surface area contributed by atoms with Crippen LogP contribution in [0.1, 0.15) is 5.56 Å². The number of benzene rings is 3. The molecule has 0 saturated carbocycles. The van der Waals surface area contributed by atoms with Crippen LogP contribution < -0.4 is 4.74 Å². The zero-order valence-electron chi connectivity index (χ0n) is 12.5. The fraction of sp³-hybridized carbons (Fsp3) is 0.0500. The molecular weight excluding hydrogens is 302 g/mol. The van der Waals surface area contributed by atoms with Gasteiger partial charge in [0.2, 0.25) is 0 Å². The van der Waals surface area contributed by atoms with Gasteiger partial charge >= 0.3 is 0 Å². The summed E-state index contributed by atoms with van der Waals surface area (Å²) in [5.41, 5.74) is 3.30. The van der Waals surface area contributed by atoms with Crippen LogP contribution in [0.15, 0.2) is 78.9 Å². The van der Waals surface area contributed by atoms with E-state index >= 15 is 0 Å². The van der Waals surface area contributed by atoms with Crippen LogP contribution >= 0.6 is 11.3 Å². The number of hydrogen-bond donors (Lipinski definition) is 0. The molecular formula is C20H15NOS. The number of hydrogen-bond acceptors (Lipinski definition) is 3. The van der Waals surface area contributed by atoms with Crippen molar-refractivity contribution < 1.29 is 4.74 Å². The summed E-state index contributed by atoms with van der Waals surface area (Å²) in [5.74, 6) is 0.853. The Balaban J connectivity index is 1.58. The molecule has 0 radical (unpaired) electrons. The molecule has 3 aromatic carbocycles. The highest BCUT2D eigenvalue weighted by Crippen LogP contribution is 2.32. The summed E-state index contributed by atoms with van der Waals surface area (Å²) in [5, 5.41) is 1.04. The smallest absolute Gasteiger partial charge is 0.124 e. The van der Waals surface area contributed by atoms with Crippen molar-refractivity contribution in [1.82, 2.24) is 4.98 Å². The molecule has 0 saturated heterocycles. The number of nitrogens with zero attached hydrogens (tertiary/aromatic N) is 1. The fourth-order valence-electron chi connectivity index (χ4n) is 2.44. The molecule has 0 unspecified atom stereocenters. The van der Waals surface area contributed by atoms with Crippen molar-refractivity contribution in [3.05, 3.63) is 84.4 Å². The highest BCUT2D eigenvalue weighted by Gasteiger charge is 2.07. The van der Waals surface area contributed by atoms with Crippen LogP contribution in [0.25, 0.3) is 20.8 Å². The Labute approximate surface area is 139 Å². The Morgan fingerprint density at radius 3 is 2.35 bits per heavy atom. The number of aromatic nitrogens is 1. The Morgan fingerprint density at radius 1 is 0.826 bits per heavy atom. The first kappa shape index (κ1) is 14.0. The van der Waals surface area contributed by atoms with Crippen molar-refractivity contribution in [1.29, 1.82) is 0 Å². The molecule has 0 N–H and O–H groups in total. The average molecular weight is 317 g/mol. The van der Waals surface area contributed by atoms with E-state index in [1.54, 1.807) is 11.3 Å². The van der Waals surface area contributed by atoms with E-state index in [2.05, 4.69) is 30.3 Å². The van der Waals surface area contributed by atoms with E-state index < -0.39 is 0 Å². The van der Waals surface area contributed by atoms with Crippen LogP contribution in [-0.4, -0.2) is 4.98 Å². The maximum atomic E-state index is 5.88. The molecule has 3 heteroatoms. The summed E-state index contributed by atoms with van der Waals surface area (Å²) in [6.07, 6.45) is 0. The van der Waals surface area contributed by atoms with Crippen molar-refractivity contribution in [2.75, 3.05) is 0 Å². The summed E-state index contributed by atoms with van der Waals surface area (Å²) in [7, 11) is 0. The van der Waals surface area contributed by atoms with Gasteiger partial charge in [-0.2, -0.15) is 0 Å². The lowest BCUT2D eigenvalue weighted by molar-refractivity contribution is 0.306. The van der Waals surface area contributed by atoms with E-state index in [4.69, 9.17) is 9.72 Å². The van der Waals surface area contributed by atoms with Gasteiger partial charge in [-0.1, -0.05) is 60.7 Å². The van der Waals surface area contributed by atoms with Crippen LogP contribution in [0.4, 0.5) is 0 Å². The standard InChI is InChI=1S/C20H15NOS/c1-3-7-15(8-4-1)14-22-17-11-12-19-18(13-17)21-20(23-19)16-9-5-2-6-10-16/h1-13H,14H2. The van der Waals surface area contributed by atoms with Crippen LogP contribution in [0.2, 0.25) is 0 Å². The Kier molecular flexibility index (Phi) is 3.78. The minimum Gasteiger partial charge on any atom is -0.489 e. The second-order valence-corrected chi connectivity index (χ2v) is 6.32. The molecule has 1 heterocycles. The third-order valence-electron chi connectivity index (χ3n) is 3.63. The lowest BCUT2D eigenvalue weighted by Gasteiger charge is -2.05. The van der Waals surface area contributed by atoms with Crippen molar-refractivity contribution in [2.24, 2.45) is 0 Å². The summed E-state index contributed by atoms with van der Waals surface area (Å²) >= 11 is 1.71. The fourth-order valence-corrected chi connectivity index (χ4v) is 3.39. The average Bonchev–Trinajstić information content (AvgIpc) is 3.05. The molecule has 0 aliphatic heterocycles. The molecule has 0 atom stereocenters. The molecule has 23 heavy (non-hydrogen) atoms. The van der Waals surface area contributed by atoms with Gasteiger partial charge < -0.3 is 4.74 Å². The highest BCUT2D eigenvalue weighted by atomic mass is 32.1. The van der Waals surface area contributed by atoms with Crippen LogP contribution in [0.3, 0.4) is 0 Å². The van der Waals surface area contributed by atoms with E-state index in [-0.39, 0.29) is 0 Å². The van der Waals surface area contributed by atoms with Crippen LogP contribution in [0, 0.1) is 0 Å². The van der Waals surface area contributed by atoms with Gasteiger partial charge in [0.15, 0.2) is 0 Å². The molecule has 0 fully saturated rings. The lowest BCUT2D eigenvalue weighted by Crippen LogP contribution is -1.94. The van der Waals surface area contributed by atoms with Gasteiger partial charge in [0.1, 0.15) is 17.4 Å². The van der Waals surface area contributed by atoms with Crippen molar-refractivity contribution >= 4 is 21.6 Å². The van der Waals surface area contributed by atoms with E-state index in [0.717, 1.165) is 27.4 Å². The third kappa shape index (κ3) is 3.10. The molecule has 4 rings (SSSR count). The molecule has 2 nitrogen and oxygen atoms in total. The van der Waals surface area contributed by atoms with Gasteiger partial charge in [-0.25, -0.2) is 4.98 Å². The number of fused-ring (bicyclic) bond motifs is 1. The van der Waals surface area contributed by atoms with Gasteiger partial charge in [0.25, 0.3) is 0 Å². The number of rotatable bonds is 4. The predicted molar refractivity (Wildman–Crippen MR) is 95.8 cm³/mol. The van der Waals surface area contributed by atoms with E-state index in [9.17, 15) is 0 Å². The molecule has 112 valence electrons. The summed E-state index contributed by atoms with van der Waals surface area (Å²) in [6, 6.07) is 26.6. The second kappa shape index (κ2) is 6.23. The topological polar surface area (TPSA) is 22.1 Å². The Morgan fingerprint density at radius 2 is 1.57 bits per heavy atom. The van der Waals surface area contributed by atoms with E-state index in [1.165, 1.54) is 4.70 Å².